The molecule has 0 atom stereocenters. The highest BCUT2D eigenvalue weighted by Gasteiger charge is 2.35. The maximum absolute atomic E-state index is 12.5. The standard InChI is InChI=1S/C22H26N6O7/c1-22(2,3)35-20(32)25-24-19(31)27-9-10-28(21(27)33)26-18(30)15-11-16(29)17(12-23-15)34-13-14-7-5-4-6-8-14/h4-8,11-12H,9-10,13H2,1-3H3,(H,23,29)(H,24,31)(H,25,32)(H,26,30). The number of benzene rings is 1. The van der Waals surface area contributed by atoms with Crippen molar-refractivity contribution in [3.05, 3.63) is 64.1 Å². The van der Waals surface area contributed by atoms with Crippen molar-refractivity contribution in [2.45, 2.75) is 33.0 Å². The van der Waals surface area contributed by atoms with E-state index in [0.717, 1.165) is 21.5 Å². The van der Waals surface area contributed by atoms with Gasteiger partial charge >= 0.3 is 18.2 Å². The number of carbonyl (C=O) groups is 4. The fourth-order valence-corrected chi connectivity index (χ4v) is 2.93. The minimum atomic E-state index is -0.911. The Kier molecular flexibility index (Phi) is 7.59. The van der Waals surface area contributed by atoms with Crippen LogP contribution in [-0.4, -0.2) is 57.6 Å². The third kappa shape index (κ3) is 6.96. The normalized spacial score (nSPS) is 13.3. The molecule has 2 aromatic rings. The molecule has 35 heavy (non-hydrogen) atoms. The van der Waals surface area contributed by atoms with Crippen LogP contribution in [0.5, 0.6) is 5.75 Å². The number of hydrogen-bond donors (Lipinski definition) is 4. The summed E-state index contributed by atoms with van der Waals surface area (Å²) < 4.78 is 10.5. The first-order valence-corrected chi connectivity index (χ1v) is 10.6. The summed E-state index contributed by atoms with van der Waals surface area (Å²) in [6.07, 6.45) is 0.358. The summed E-state index contributed by atoms with van der Waals surface area (Å²) in [5, 5.41) is 0.910. The van der Waals surface area contributed by atoms with Crippen LogP contribution in [-0.2, 0) is 11.3 Å². The van der Waals surface area contributed by atoms with E-state index < -0.39 is 35.1 Å². The van der Waals surface area contributed by atoms with E-state index in [4.69, 9.17) is 9.47 Å². The van der Waals surface area contributed by atoms with Crippen LogP contribution >= 0.6 is 0 Å². The van der Waals surface area contributed by atoms with Gasteiger partial charge in [-0.3, -0.25) is 15.0 Å². The number of aromatic nitrogens is 1. The average Bonchev–Trinajstić information content (AvgIpc) is 3.16. The molecule has 13 nitrogen and oxygen atoms in total. The Labute approximate surface area is 200 Å². The first-order valence-electron chi connectivity index (χ1n) is 10.6. The zero-order chi connectivity index (χ0) is 25.6. The van der Waals surface area contributed by atoms with E-state index in [2.05, 4.69) is 15.8 Å². The molecule has 1 saturated heterocycles. The van der Waals surface area contributed by atoms with Crippen molar-refractivity contribution in [1.82, 2.24) is 31.2 Å². The Morgan fingerprint density at radius 2 is 1.77 bits per heavy atom. The quantitative estimate of drug-likeness (QED) is 0.465. The molecule has 1 fully saturated rings. The lowest BCUT2D eigenvalue weighted by molar-refractivity contribution is 0.0500. The van der Waals surface area contributed by atoms with Crippen LogP contribution < -0.4 is 26.4 Å². The van der Waals surface area contributed by atoms with Crippen LogP contribution in [0.2, 0.25) is 0 Å². The van der Waals surface area contributed by atoms with Gasteiger partial charge in [-0.25, -0.2) is 35.1 Å². The lowest BCUT2D eigenvalue weighted by Gasteiger charge is -2.21. The molecule has 1 aliphatic heterocycles. The number of carbonyl (C=O) groups excluding carboxylic acids is 4. The summed E-state index contributed by atoms with van der Waals surface area (Å²) in [7, 11) is 0. The molecule has 0 unspecified atom stereocenters. The lowest BCUT2D eigenvalue weighted by Crippen LogP contribution is -2.52. The Bertz CT molecular complexity index is 1160. The summed E-state index contributed by atoms with van der Waals surface area (Å²) in [5.41, 5.74) is 5.90. The van der Waals surface area contributed by atoms with E-state index in [1.54, 1.807) is 20.8 Å². The third-order valence-electron chi connectivity index (χ3n) is 4.52. The van der Waals surface area contributed by atoms with E-state index in [0.29, 0.717) is 0 Å². The predicted molar refractivity (Wildman–Crippen MR) is 122 cm³/mol. The minimum absolute atomic E-state index is 0.00701. The number of hydrazine groups is 2. The van der Waals surface area contributed by atoms with Crippen molar-refractivity contribution >= 4 is 24.1 Å². The topological polar surface area (TPSA) is 162 Å². The molecule has 6 amide bonds. The van der Waals surface area contributed by atoms with Crippen molar-refractivity contribution in [1.29, 1.82) is 0 Å². The van der Waals surface area contributed by atoms with Crippen molar-refractivity contribution in [3.8, 4) is 5.75 Å². The molecular weight excluding hydrogens is 460 g/mol. The Morgan fingerprint density at radius 3 is 2.43 bits per heavy atom. The molecular formula is C22H26N6O7. The number of hydrogen-bond acceptors (Lipinski definition) is 7. The fraction of sp³-hybridized carbons (Fsp3) is 0.318. The zero-order valence-electron chi connectivity index (χ0n) is 19.4. The van der Waals surface area contributed by atoms with Gasteiger partial charge in [-0.15, -0.1) is 0 Å². The molecule has 13 heteroatoms. The molecule has 0 bridgehead atoms. The maximum atomic E-state index is 12.5. The number of ether oxygens (including phenoxy) is 2. The second kappa shape index (κ2) is 10.6. The van der Waals surface area contributed by atoms with E-state index in [9.17, 15) is 24.0 Å². The van der Waals surface area contributed by atoms with Gasteiger partial charge < -0.3 is 14.5 Å². The largest absolute Gasteiger partial charge is 0.483 e. The molecule has 0 aliphatic carbocycles. The highest BCUT2D eigenvalue weighted by atomic mass is 16.6. The smallest absolute Gasteiger partial charge is 0.426 e. The SMILES string of the molecule is CC(C)(C)OC(=O)NNC(=O)N1CCN(NC(=O)c2cc(=O)c(OCc3ccccc3)c[nH]2)C1=O. The first kappa shape index (κ1) is 25.1. The number of H-pyrrole nitrogens is 1. The summed E-state index contributed by atoms with van der Waals surface area (Å²) in [5.74, 6) is -0.734. The maximum Gasteiger partial charge on any atom is 0.426 e. The van der Waals surface area contributed by atoms with Crippen LogP contribution in [0, 0.1) is 0 Å². The number of urea groups is 2. The van der Waals surface area contributed by atoms with Crippen molar-refractivity contribution < 1.29 is 28.7 Å². The number of imide groups is 1. The monoisotopic (exact) mass is 486 g/mol. The van der Waals surface area contributed by atoms with Gasteiger partial charge in [-0.1, -0.05) is 30.3 Å². The van der Waals surface area contributed by atoms with Crippen molar-refractivity contribution in [2.75, 3.05) is 13.1 Å². The summed E-state index contributed by atoms with van der Waals surface area (Å²) in [6, 6.07) is 8.56. The molecule has 186 valence electrons. The van der Waals surface area contributed by atoms with Gasteiger partial charge in [0.2, 0.25) is 5.43 Å². The lowest BCUT2D eigenvalue weighted by atomic mass is 10.2. The molecule has 1 aromatic carbocycles. The number of aromatic amines is 1. The Hall–Kier alpha value is -4.55. The Balaban J connectivity index is 1.52. The number of rotatable bonds is 5. The predicted octanol–water partition coefficient (Wildman–Crippen LogP) is 1.49. The number of pyridine rings is 1. The van der Waals surface area contributed by atoms with Gasteiger partial charge in [0.15, 0.2) is 5.75 Å². The van der Waals surface area contributed by atoms with Crippen LogP contribution in [0.15, 0.2) is 47.4 Å². The van der Waals surface area contributed by atoms with E-state index in [1.807, 2.05) is 35.8 Å². The van der Waals surface area contributed by atoms with Gasteiger partial charge in [0, 0.05) is 12.3 Å². The summed E-state index contributed by atoms with van der Waals surface area (Å²) >= 11 is 0. The number of nitrogens with zero attached hydrogens (tertiary/aromatic N) is 2. The molecule has 0 saturated carbocycles. The van der Waals surface area contributed by atoms with Gasteiger partial charge in [-0.05, 0) is 26.3 Å². The molecule has 2 heterocycles. The van der Waals surface area contributed by atoms with Crippen LogP contribution in [0.25, 0.3) is 0 Å². The zero-order valence-corrected chi connectivity index (χ0v) is 19.4. The van der Waals surface area contributed by atoms with Crippen molar-refractivity contribution in [2.24, 2.45) is 0 Å². The molecule has 0 radical (unpaired) electrons. The minimum Gasteiger partial charge on any atom is -0.483 e. The van der Waals surface area contributed by atoms with Crippen LogP contribution in [0.4, 0.5) is 14.4 Å². The molecule has 3 rings (SSSR count). The fourth-order valence-electron chi connectivity index (χ4n) is 2.93. The summed E-state index contributed by atoms with van der Waals surface area (Å²) in [4.78, 5) is 64.6. The van der Waals surface area contributed by atoms with E-state index >= 15 is 0 Å². The van der Waals surface area contributed by atoms with Gasteiger partial charge in [-0.2, -0.15) is 0 Å². The molecule has 1 aromatic heterocycles. The van der Waals surface area contributed by atoms with Gasteiger partial charge in [0.1, 0.15) is 17.9 Å². The molecule has 4 N–H and O–H groups in total. The van der Waals surface area contributed by atoms with Crippen molar-refractivity contribution in [3.63, 3.8) is 0 Å². The van der Waals surface area contributed by atoms with Crippen LogP contribution in [0.1, 0.15) is 36.8 Å². The third-order valence-corrected chi connectivity index (χ3v) is 4.52. The molecule has 1 aliphatic rings. The van der Waals surface area contributed by atoms with Gasteiger partial charge in [0.25, 0.3) is 5.91 Å². The number of nitrogens with one attached hydrogen (secondary N) is 4. The van der Waals surface area contributed by atoms with E-state index in [1.165, 1.54) is 6.20 Å². The second-order valence-electron chi connectivity index (χ2n) is 8.43. The van der Waals surface area contributed by atoms with E-state index in [-0.39, 0.29) is 31.1 Å². The second-order valence-corrected chi connectivity index (χ2v) is 8.43. The Morgan fingerprint density at radius 1 is 1.06 bits per heavy atom. The number of amides is 6. The highest BCUT2D eigenvalue weighted by molar-refractivity contribution is 5.98. The first-order chi connectivity index (χ1) is 16.5. The molecule has 0 spiro atoms. The average molecular weight is 486 g/mol. The van der Waals surface area contributed by atoms with Crippen LogP contribution in [0.3, 0.4) is 0 Å². The summed E-state index contributed by atoms with van der Waals surface area (Å²) in [6.45, 7) is 5.07. The van der Waals surface area contributed by atoms with Gasteiger partial charge in [0.05, 0.1) is 13.1 Å². The highest BCUT2D eigenvalue weighted by Crippen LogP contribution is 2.10.